The summed E-state index contributed by atoms with van der Waals surface area (Å²) in [5.74, 6) is -0.837. The second-order valence-electron chi connectivity index (χ2n) is 4.85. The molecular formula is C17H19FN2O. The number of nitrogens with two attached hydrogens (primary N) is 1. The molecule has 4 heteroatoms. The Morgan fingerprint density at radius 3 is 2.52 bits per heavy atom. The number of carbonyl (C=O) groups excluding carboxylic acids is 1. The highest BCUT2D eigenvalue weighted by Crippen LogP contribution is 2.22. The standard InChI is InChI=1S/C17H19FN2O/c1-2-3-12-20(13-8-5-4-6-9-13)17(21)14-10-7-11-15(18)16(14)19/h4-11H,2-3,12,19H2,1H3. The molecule has 0 aliphatic carbocycles. The van der Waals surface area contributed by atoms with E-state index >= 15 is 0 Å². The van der Waals surface area contributed by atoms with Crippen LogP contribution in [0.15, 0.2) is 48.5 Å². The molecule has 0 saturated carbocycles. The van der Waals surface area contributed by atoms with E-state index in [1.165, 1.54) is 12.1 Å². The third-order valence-corrected chi connectivity index (χ3v) is 3.33. The minimum atomic E-state index is -0.565. The molecule has 2 aromatic carbocycles. The van der Waals surface area contributed by atoms with Gasteiger partial charge in [-0.25, -0.2) is 4.39 Å². The third-order valence-electron chi connectivity index (χ3n) is 3.33. The minimum Gasteiger partial charge on any atom is -0.396 e. The largest absolute Gasteiger partial charge is 0.396 e. The van der Waals surface area contributed by atoms with Gasteiger partial charge in [-0.1, -0.05) is 37.6 Å². The number of para-hydroxylation sites is 2. The first-order valence-corrected chi connectivity index (χ1v) is 7.06. The summed E-state index contributed by atoms with van der Waals surface area (Å²) in [5.41, 5.74) is 6.60. The normalized spacial score (nSPS) is 10.4. The summed E-state index contributed by atoms with van der Waals surface area (Å²) in [6.45, 7) is 2.64. The van der Waals surface area contributed by atoms with Gasteiger partial charge < -0.3 is 10.6 Å². The van der Waals surface area contributed by atoms with E-state index in [9.17, 15) is 9.18 Å². The fourth-order valence-corrected chi connectivity index (χ4v) is 2.14. The van der Waals surface area contributed by atoms with Crippen molar-refractivity contribution in [3.63, 3.8) is 0 Å². The Morgan fingerprint density at radius 1 is 1.14 bits per heavy atom. The first-order valence-electron chi connectivity index (χ1n) is 7.06. The summed E-state index contributed by atoms with van der Waals surface area (Å²) < 4.78 is 13.6. The molecular weight excluding hydrogens is 267 g/mol. The average Bonchev–Trinajstić information content (AvgIpc) is 2.51. The Bertz CT molecular complexity index is 613. The summed E-state index contributed by atoms with van der Waals surface area (Å²) in [7, 11) is 0. The van der Waals surface area contributed by atoms with Crippen LogP contribution in [0.3, 0.4) is 0 Å². The van der Waals surface area contributed by atoms with Crippen molar-refractivity contribution in [1.82, 2.24) is 0 Å². The van der Waals surface area contributed by atoms with E-state index in [4.69, 9.17) is 5.73 Å². The zero-order valence-electron chi connectivity index (χ0n) is 12.1. The fraction of sp³-hybridized carbons (Fsp3) is 0.235. The lowest BCUT2D eigenvalue weighted by Crippen LogP contribution is -2.32. The van der Waals surface area contributed by atoms with Gasteiger partial charge in [0.2, 0.25) is 0 Å². The van der Waals surface area contributed by atoms with Crippen LogP contribution >= 0.6 is 0 Å². The van der Waals surface area contributed by atoms with Gasteiger partial charge in [0.25, 0.3) is 5.91 Å². The van der Waals surface area contributed by atoms with Crippen molar-refractivity contribution >= 4 is 17.3 Å². The van der Waals surface area contributed by atoms with Crippen LogP contribution in [0.5, 0.6) is 0 Å². The van der Waals surface area contributed by atoms with Crippen molar-refractivity contribution in [2.45, 2.75) is 19.8 Å². The van der Waals surface area contributed by atoms with Crippen molar-refractivity contribution in [1.29, 1.82) is 0 Å². The van der Waals surface area contributed by atoms with Crippen molar-refractivity contribution in [3.8, 4) is 0 Å². The number of benzene rings is 2. The zero-order valence-corrected chi connectivity index (χ0v) is 12.1. The Hall–Kier alpha value is -2.36. The molecule has 0 fully saturated rings. The van der Waals surface area contributed by atoms with Crippen LogP contribution in [0, 0.1) is 5.82 Å². The van der Waals surface area contributed by atoms with Crippen LogP contribution in [0.2, 0.25) is 0 Å². The van der Waals surface area contributed by atoms with Gasteiger partial charge in [0.1, 0.15) is 5.82 Å². The molecule has 0 heterocycles. The second-order valence-corrected chi connectivity index (χ2v) is 4.85. The molecule has 2 rings (SSSR count). The van der Waals surface area contributed by atoms with E-state index in [-0.39, 0.29) is 17.2 Å². The quantitative estimate of drug-likeness (QED) is 0.848. The Labute approximate surface area is 124 Å². The maximum absolute atomic E-state index is 13.6. The molecule has 3 nitrogen and oxygen atoms in total. The van der Waals surface area contributed by atoms with Crippen molar-refractivity contribution in [2.24, 2.45) is 0 Å². The molecule has 0 spiro atoms. The Kier molecular flexibility index (Phi) is 4.93. The molecule has 110 valence electrons. The number of halogens is 1. The topological polar surface area (TPSA) is 46.3 Å². The maximum Gasteiger partial charge on any atom is 0.260 e. The second kappa shape index (κ2) is 6.88. The highest BCUT2D eigenvalue weighted by atomic mass is 19.1. The highest BCUT2D eigenvalue weighted by molar-refractivity contribution is 6.09. The maximum atomic E-state index is 13.6. The number of nitrogen functional groups attached to an aromatic ring is 1. The predicted octanol–water partition coefficient (Wildman–Crippen LogP) is 3.85. The van der Waals surface area contributed by atoms with E-state index in [0.717, 1.165) is 18.5 Å². The number of anilines is 2. The van der Waals surface area contributed by atoms with E-state index in [1.807, 2.05) is 30.3 Å². The van der Waals surface area contributed by atoms with Gasteiger partial charge in [0.05, 0.1) is 11.3 Å². The van der Waals surface area contributed by atoms with Crippen LogP contribution in [0.1, 0.15) is 30.1 Å². The van der Waals surface area contributed by atoms with Crippen LogP contribution in [0.4, 0.5) is 15.8 Å². The molecule has 0 atom stereocenters. The van der Waals surface area contributed by atoms with Gasteiger partial charge in [-0.15, -0.1) is 0 Å². The molecule has 0 aliphatic heterocycles. The van der Waals surface area contributed by atoms with Crippen LogP contribution < -0.4 is 10.6 Å². The minimum absolute atomic E-state index is 0.0973. The van der Waals surface area contributed by atoms with E-state index in [0.29, 0.717) is 6.54 Å². The molecule has 0 unspecified atom stereocenters. The van der Waals surface area contributed by atoms with Crippen molar-refractivity contribution in [2.75, 3.05) is 17.2 Å². The number of amides is 1. The van der Waals surface area contributed by atoms with Crippen molar-refractivity contribution in [3.05, 3.63) is 59.9 Å². The molecule has 0 aliphatic rings. The SMILES string of the molecule is CCCCN(C(=O)c1cccc(F)c1N)c1ccccc1. The van der Waals surface area contributed by atoms with Gasteiger partial charge in [-0.3, -0.25) is 4.79 Å². The molecule has 1 amide bonds. The van der Waals surface area contributed by atoms with Gasteiger partial charge in [0, 0.05) is 12.2 Å². The predicted molar refractivity (Wildman–Crippen MR) is 83.8 cm³/mol. The monoisotopic (exact) mass is 286 g/mol. The Morgan fingerprint density at radius 2 is 1.86 bits per heavy atom. The van der Waals surface area contributed by atoms with Gasteiger partial charge in [0.15, 0.2) is 0 Å². The molecule has 0 radical (unpaired) electrons. The third kappa shape index (κ3) is 3.40. The van der Waals surface area contributed by atoms with Crippen molar-refractivity contribution < 1.29 is 9.18 Å². The van der Waals surface area contributed by atoms with Crippen LogP contribution in [-0.4, -0.2) is 12.5 Å². The van der Waals surface area contributed by atoms with E-state index in [1.54, 1.807) is 11.0 Å². The van der Waals surface area contributed by atoms with Gasteiger partial charge in [-0.2, -0.15) is 0 Å². The molecule has 0 saturated heterocycles. The molecule has 2 N–H and O–H groups in total. The molecule has 0 bridgehead atoms. The van der Waals surface area contributed by atoms with Crippen LogP contribution in [-0.2, 0) is 0 Å². The Balaban J connectivity index is 2.36. The number of hydrogen-bond acceptors (Lipinski definition) is 2. The van der Waals surface area contributed by atoms with Gasteiger partial charge in [-0.05, 0) is 30.7 Å². The number of carbonyl (C=O) groups is 1. The fourth-order valence-electron chi connectivity index (χ4n) is 2.14. The van der Waals surface area contributed by atoms with Gasteiger partial charge >= 0.3 is 0 Å². The van der Waals surface area contributed by atoms with E-state index in [2.05, 4.69) is 6.92 Å². The summed E-state index contributed by atoms with van der Waals surface area (Å²) in [5, 5.41) is 0. The average molecular weight is 286 g/mol. The number of nitrogens with zero attached hydrogens (tertiary/aromatic N) is 1. The summed E-state index contributed by atoms with van der Waals surface area (Å²) in [6.07, 6.45) is 1.84. The van der Waals surface area contributed by atoms with Crippen LogP contribution in [0.25, 0.3) is 0 Å². The summed E-state index contributed by atoms with van der Waals surface area (Å²) in [6, 6.07) is 13.7. The summed E-state index contributed by atoms with van der Waals surface area (Å²) >= 11 is 0. The molecule has 21 heavy (non-hydrogen) atoms. The number of rotatable bonds is 5. The lowest BCUT2D eigenvalue weighted by molar-refractivity contribution is 0.0987. The highest BCUT2D eigenvalue weighted by Gasteiger charge is 2.20. The summed E-state index contributed by atoms with van der Waals surface area (Å²) in [4.78, 5) is 14.4. The zero-order chi connectivity index (χ0) is 15.2. The lowest BCUT2D eigenvalue weighted by Gasteiger charge is -2.23. The first kappa shape index (κ1) is 15.0. The first-order chi connectivity index (χ1) is 10.1. The number of hydrogen-bond donors (Lipinski definition) is 1. The molecule has 2 aromatic rings. The lowest BCUT2D eigenvalue weighted by atomic mass is 10.1. The smallest absolute Gasteiger partial charge is 0.260 e. The number of unbranched alkanes of at least 4 members (excludes halogenated alkanes) is 1. The molecule has 0 aromatic heterocycles. The van der Waals surface area contributed by atoms with E-state index < -0.39 is 5.82 Å².